The van der Waals surface area contributed by atoms with E-state index in [1.165, 1.54) is 12.1 Å². The van der Waals surface area contributed by atoms with Gasteiger partial charge in [0.05, 0.1) is 5.56 Å². The minimum absolute atomic E-state index is 0. The average Bonchev–Trinajstić information content (AvgIpc) is 2.46. The summed E-state index contributed by atoms with van der Waals surface area (Å²) in [6.07, 6.45) is -3.73. The second-order valence-corrected chi connectivity index (χ2v) is 5.56. The van der Waals surface area contributed by atoms with E-state index < -0.39 is 11.7 Å². The van der Waals surface area contributed by atoms with Crippen molar-refractivity contribution in [2.75, 3.05) is 20.1 Å². The highest BCUT2D eigenvalue weighted by Gasteiger charge is 2.30. The van der Waals surface area contributed by atoms with E-state index in [9.17, 15) is 18.0 Å². The number of alkyl halides is 3. The summed E-state index contributed by atoms with van der Waals surface area (Å²) in [5, 5.41) is 5.74. The largest absolute Gasteiger partial charge is 0.416 e. The SMILES string of the molecule is CNCC(C)C(=O)NCCC(C)c1cccc(C(F)(F)F)c1.Cl. The molecule has 2 atom stereocenters. The van der Waals surface area contributed by atoms with Crippen molar-refractivity contribution in [1.29, 1.82) is 0 Å². The van der Waals surface area contributed by atoms with E-state index in [0.717, 1.165) is 6.07 Å². The zero-order valence-corrected chi connectivity index (χ0v) is 14.4. The molecular weight excluding hydrogens is 329 g/mol. The maximum absolute atomic E-state index is 12.7. The van der Waals surface area contributed by atoms with Gasteiger partial charge in [0.2, 0.25) is 5.91 Å². The highest BCUT2D eigenvalue weighted by atomic mass is 35.5. The predicted octanol–water partition coefficient (Wildman–Crippen LogP) is 3.59. The third-order valence-corrected chi connectivity index (χ3v) is 3.62. The molecule has 0 heterocycles. The summed E-state index contributed by atoms with van der Waals surface area (Å²) < 4.78 is 38.1. The Morgan fingerprint density at radius 2 is 1.91 bits per heavy atom. The van der Waals surface area contributed by atoms with E-state index in [4.69, 9.17) is 0 Å². The van der Waals surface area contributed by atoms with Crippen LogP contribution < -0.4 is 10.6 Å². The molecule has 2 unspecified atom stereocenters. The van der Waals surface area contributed by atoms with Crippen molar-refractivity contribution < 1.29 is 18.0 Å². The molecule has 0 aliphatic heterocycles. The van der Waals surface area contributed by atoms with E-state index in [1.54, 1.807) is 13.1 Å². The highest BCUT2D eigenvalue weighted by molar-refractivity contribution is 5.85. The van der Waals surface area contributed by atoms with Gasteiger partial charge in [-0.25, -0.2) is 0 Å². The molecule has 0 saturated carbocycles. The van der Waals surface area contributed by atoms with Crippen LogP contribution in [0, 0.1) is 5.92 Å². The Hall–Kier alpha value is -1.27. The molecule has 1 amide bonds. The first-order chi connectivity index (χ1) is 10.3. The van der Waals surface area contributed by atoms with Gasteiger partial charge in [-0.15, -0.1) is 12.4 Å². The van der Waals surface area contributed by atoms with Crippen LogP contribution in [0.3, 0.4) is 0 Å². The molecule has 1 aromatic rings. The van der Waals surface area contributed by atoms with Crippen molar-refractivity contribution in [3.05, 3.63) is 35.4 Å². The van der Waals surface area contributed by atoms with Gasteiger partial charge >= 0.3 is 6.18 Å². The molecule has 0 aliphatic carbocycles. The molecular formula is C16H24ClF3N2O. The Labute approximate surface area is 141 Å². The number of halogens is 4. The summed E-state index contributed by atoms with van der Waals surface area (Å²) in [4.78, 5) is 11.7. The lowest BCUT2D eigenvalue weighted by atomic mass is 9.96. The van der Waals surface area contributed by atoms with Crippen LogP contribution in [-0.4, -0.2) is 26.0 Å². The lowest BCUT2D eigenvalue weighted by molar-refractivity contribution is -0.137. The van der Waals surface area contributed by atoms with Gasteiger partial charge in [-0.1, -0.05) is 32.0 Å². The Morgan fingerprint density at radius 3 is 2.48 bits per heavy atom. The number of hydrogen-bond donors (Lipinski definition) is 2. The second kappa shape index (κ2) is 9.78. The third kappa shape index (κ3) is 7.22. The van der Waals surface area contributed by atoms with Gasteiger partial charge in [0.25, 0.3) is 0 Å². The summed E-state index contributed by atoms with van der Waals surface area (Å²) in [7, 11) is 1.78. The molecule has 2 N–H and O–H groups in total. The molecule has 0 spiro atoms. The molecule has 132 valence electrons. The summed E-state index contributed by atoms with van der Waals surface area (Å²) in [6.45, 7) is 4.72. The molecule has 1 rings (SSSR count). The summed E-state index contributed by atoms with van der Waals surface area (Å²) in [5.74, 6) is -0.235. The van der Waals surface area contributed by atoms with Crippen molar-refractivity contribution in [3.63, 3.8) is 0 Å². The lowest BCUT2D eigenvalue weighted by Crippen LogP contribution is -2.35. The van der Waals surface area contributed by atoms with Crippen molar-refractivity contribution in [1.82, 2.24) is 10.6 Å². The Kier molecular flexibility index (Phi) is 9.24. The maximum Gasteiger partial charge on any atom is 0.416 e. The van der Waals surface area contributed by atoms with E-state index >= 15 is 0 Å². The molecule has 0 radical (unpaired) electrons. The number of amides is 1. The first kappa shape index (κ1) is 21.7. The zero-order valence-electron chi connectivity index (χ0n) is 13.5. The first-order valence-corrected chi connectivity index (χ1v) is 7.35. The fourth-order valence-corrected chi connectivity index (χ4v) is 2.17. The molecule has 23 heavy (non-hydrogen) atoms. The van der Waals surface area contributed by atoms with Gasteiger partial charge in [0.15, 0.2) is 0 Å². The minimum atomic E-state index is -4.33. The van der Waals surface area contributed by atoms with Crippen LogP contribution in [0.15, 0.2) is 24.3 Å². The molecule has 0 bridgehead atoms. The zero-order chi connectivity index (χ0) is 16.8. The van der Waals surface area contributed by atoms with Crippen LogP contribution in [0.4, 0.5) is 13.2 Å². The number of rotatable bonds is 7. The Morgan fingerprint density at radius 1 is 1.26 bits per heavy atom. The number of carbonyl (C=O) groups excluding carboxylic acids is 1. The average molecular weight is 353 g/mol. The number of benzene rings is 1. The molecule has 0 fully saturated rings. The second-order valence-electron chi connectivity index (χ2n) is 5.56. The van der Waals surface area contributed by atoms with Gasteiger partial charge in [0, 0.05) is 19.0 Å². The fraction of sp³-hybridized carbons (Fsp3) is 0.562. The van der Waals surface area contributed by atoms with Gasteiger partial charge in [-0.3, -0.25) is 4.79 Å². The smallest absolute Gasteiger partial charge is 0.356 e. The van der Waals surface area contributed by atoms with Gasteiger partial charge in [0.1, 0.15) is 0 Å². The molecule has 1 aromatic carbocycles. The molecule has 0 aromatic heterocycles. The van der Waals surface area contributed by atoms with Crippen molar-refractivity contribution >= 4 is 18.3 Å². The maximum atomic E-state index is 12.7. The highest BCUT2D eigenvalue weighted by Crippen LogP contribution is 2.31. The van der Waals surface area contributed by atoms with Gasteiger partial charge in [-0.2, -0.15) is 13.2 Å². The van der Waals surface area contributed by atoms with Crippen LogP contribution in [0.5, 0.6) is 0 Å². The fourth-order valence-electron chi connectivity index (χ4n) is 2.17. The topological polar surface area (TPSA) is 41.1 Å². The number of hydrogen-bond acceptors (Lipinski definition) is 2. The Bertz CT molecular complexity index is 494. The molecule has 0 aliphatic rings. The van der Waals surface area contributed by atoms with Gasteiger partial charge in [-0.05, 0) is 31.0 Å². The lowest BCUT2D eigenvalue weighted by Gasteiger charge is -2.16. The third-order valence-electron chi connectivity index (χ3n) is 3.62. The van der Waals surface area contributed by atoms with Crippen LogP contribution in [0.2, 0.25) is 0 Å². The summed E-state index contributed by atoms with van der Waals surface area (Å²) in [5.41, 5.74) is -0.00382. The molecule has 0 saturated heterocycles. The van der Waals surface area contributed by atoms with Crippen molar-refractivity contribution in [3.8, 4) is 0 Å². The number of nitrogens with one attached hydrogen (secondary N) is 2. The normalized spacial score (nSPS) is 13.8. The standard InChI is InChI=1S/C16H23F3N2O.ClH/c1-11(7-8-21-15(22)12(2)10-20-3)13-5-4-6-14(9-13)16(17,18)19;/h4-6,9,11-12,20H,7-8,10H2,1-3H3,(H,21,22);1H. The van der Waals surface area contributed by atoms with Crippen LogP contribution >= 0.6 is 12.4 Å². The molecule has 3 nitrogen and oxygen atoms in total. The van der Waals surface area contributed by atoms with E-state index in [1.807, 2.05) is 13.8 Å². The van der Waals surface area contributed by atoms with Gasteiger partial charge < -0.3 is 10.6 Å². The molecule has 7 heteroatoms. The quantitative estimate of drug-likeness (QED) is 0.787. The van der Waals surface area contributed by atoms with Crippen LogP contribution in [0.25, 0.3) is 0 Å². The predicted molar refractivity (Wildman–Crippen MR) is 87.8 cm³/mol. The number of carbonyl (C=O) groups is 1. The van der Waals surface area contributed by atoms with E-state index in [2.05, 4.69) is 10.6 Å². The van der Waals surface area contributed by atoms with E-state index in [-0.39, 0.29) is 30.2 Å². The van der Waals surface area contributed by atoms with Crippen molar-refractivity contribution in [2.24, 2.45) is 5.92 Å². The Balaban J connectivity index is 0.00000484. The minimum Gasteiger partial charge on any atom is -0.356 e. The first-order valence-electron chi connectivity index (χ1n) is 7.35. The summed E-state index contributed by atoms with van der Waals surface area (Å²) >= 11 is 0. The van der Waals surface area contributed by atoms with E-state index in [0.29, 0.717) is 25.1 Å². The van der Waals surface area contributed by atoms with Crippen LogP contribution in [0.1, 0.15) is 37.3 Å². The summed E-state index contributed by atoms with van der Waals surface area (Å²) in [6, 6.07) is 5.35. The monoisotopic (exact) mass is 352 g/mol. The van der Waals surface area contributed by atoms with Crippen LogP contribution in [-0.2, 0) is 11.0 Å². The van der Waals surface area contributed by atoms with Crippen molar-refractivity contribution in [2.45, 2.75) is 32.4 Å².